The molecular weight excluding hydrogens is 475 g/mol. The number of nitrogens with one attached hydrogen (secondary N) is 1. The molecule has 0 saturated heterocycles. The molecule has 0 spiro atoms. The second-order valence-corrected chi connectivity index (χ2v) is 7.75. The normalized spacial score (nSPS) is 12.1. The van der Waals surface area contributed by atoms with E-state index in [1.165, 1.54) is 10.4 Å². The van der Waals surface area contributed by atoms with E-state index in [9.17, 15) is 0 Å². The molecule has 0 atom stereocenters. The number of methoxy groups -OCH3 is 3. The van der Waals surface area contributed by atoms with E-state index in [1.54, 1.807) is 32.7 Å². The van der Waals surface area contributed by atoms with Gasteiger partial charge in [-0.05, 0) is 36.6 Å². The van der Waals surface area contributed by atoms with Crippen molar-refractivity contribution in [2.45, 2.75) is 12.8 Å². The zero-order valence-electron chi connectivity index (χ0n) is 15.3. The Labute approximate surface area is 176 Å². The van der Waals surface area contributed by atoms with Gasteiger partial charge in [0.2, 0.25) is 0 Å². The van der Waals surface area contributed by atoms with Crippen LogP contribution in [0, 0.1) is 0 Å². The van der Waals surface area contributed by atoms with Crippen LogP contribution >= 0.6 is 34.2 Å². The third-order valence-corrected chi connectivity index (χ3v) is 6.70. The molecular formula is C20H19IN2O3S. The molecule has 0 aliphatic heterocycles. The summed E-state index contributed by atoms with van der Waals surface area (Å²) in [5, 5.41) is 0.941. The van der Waals surface area contributed by atoms with Crippen molar-refractivity contribution in [2.24, 2.45) is 0 Å². The largest absolute Gasteiger partial charge is 0.496 e. The van der Waals surface area contributed by atoms with Crippen LogP contribution in [-0.4, -0.2) is 26.3 Å². The summed E-state index contributed by atoms with van der Waals surface area (Å²) in [5.74, 6) is 2.32. The van der Waals surface area contributed by atoms with Crippen LogP contribution in [0.2, 0.25) is 0 Å². The SMILES string of the molecule is COc1ccc(-c2ccc3c(c2OC)CCc2sc(NI)nc2-3)cc1OC. The van der Waals surface area contributed by atoms with Gasteiger partial charge in [0.05, 0.1) is 49.9 Å². The molecule has 0 unspecified atom stereocenters. The van der Waals surface area contributed by atoms with Crippen LogP contribution in [-0.2, 0) is 12.8 Å². The smallest absolute Gasteiger partial charge is 0.192 e. The van der Waals surface area contributed by atoms with Crippen molar-refractivity contribution in [3.8, 4) is 39.6 Å². The van der Waals surface area contributed by atoms with E-state index in [-0.39, 0.29) is 0 Å². The van der Waals surface area contributed by atoms with E-state index >= 15 is 0 Å². The summed E-state index contributed by atoms with van der Waals surface area (Å²) in [6.07, 6.45) is 1.92. The quantitative estimate of drug-likeness (QED) is 0.382. The number of ether oxygens (including phenoxy) is 3. The van der Waals surface area contributed by atoms with Gasteiger partial charge >= 0.3 is 0 Å². The van der Waals surface area contributed by atoms with Gasteiger partial charge in [0.25, 0.3) is 0 Å². The number of halogens is 1. The van der Waals surface area contributed by atoms with Crippen molar-refractivity contribution in [2.75, 3.05) is 24.9 Å². The van der Waals surface area contributed by atoms with Crippen molar-refractivity contribution >= 4 is 39.3 Å². The summed E-state index contributed by atoms with van der Waals surface area (Å²) in [7, 11) is 5.02. The predicted molar refractivity (Wildman–Crippen MR) is 118 cm³/mol. The number of hydrogen-bond donors (Lipinski definition) is 1. The predicted octanol–water partition coefficient (Wildman–Crippen LogP) is 5.36. The molecule has 0 saturated carbocycles. The Balaban J connectivity index is 1.85. The fourth-order valence-electron chi connectivity index (χ4n) is 3.57. The molecule has 0 bridgehead atoms. The van der Waals surface area contributed by atoms with E-state index in [4.69, 9.17) is 19.2 Å². The molecule has 1 aromatic heterocycles. The Kier molecular flexibility index (Phi) is 5.14. The Morgan fingerprint density at radius 1 is 0.963 bits per heavy atom. The summed E-state index contributed by atoms with van der Waals surface area (Å²) in [6.45, 7) is 0. The van der Waals surface area contributed by atoms with Crippen molar-refractivity contribution in [3.63, 3.8) is 0 Å². The number of anilines is 1. The average molecular weight is 494 g/mol. The average Bonchev–Trinajstić information content (AvgIpc) is 3.16. The summed E-state index contributed by atoms with van der Waals surface area (Å²) < 4.78 is 19.8. The van der Waals surface area contributed by atoms with E-state index in [2.05, 4.69) is 38.5 Å². The highest BCUT2D eigenvalue weighted by molar-refractivity contribution is 14.1. The van der Waals surface area contributed by atoms with Crippen molar-refractivity contribution in [3.05, 3.63) is 40.8 Å². The van der Waals surface area contributed by atoms with Gasteiger partial charge in [-0.15, -0.1) is 11.3 Å². The first-order valence-electron chi connectivity index (χ1n) is 8.49. The number of rotatable bonds is 5. The van der Waals surface area contributed by atoms with Crippen LogP contribution in [0.5, 0.6) is 17.2 Å². The number of thiazole rings is 1. The van der Waals surface area contributed by atoms with Gasteiger partial charge in [0.15, 0.2) is 16.6 Å². The molecule has 1 aliphatic rings. The molecule has 4 rings (SSSR count). The van der Waals surface area contributed by atoms with Gasteiger partial charge in [-0.3, -0.25) is 0 Å². The Bertz CT molecular complexity index is 1000. The van der Waals surface area contributed by atoms with Crippen LogP contribution < -0.4 is 17.7 Å². The zero-order valence-corrected chi connectivity index (χ0v) is 18.2. The Hall–Kier alpha value is -2.00. The molecule has 27 heavy (non-hydrogen) atoms. The van der Waals surface area contributed by atoms with Crippen LogP contribution in [0.4, 0.5) is 5.13 Å². The minimum atomic E-state index is 0.703. The number of fused-ring (bicyclic) bond motifs is 3. The summed E-state index contributed by atoms with van der Waals surface area (Å²) in [4.78, 5) is 6.07. The topological polar surface area (TPSA) is 52.6 Å². The molecule has 2 aromatic carbocycles. The van der Waals surface area contributed by atoms with Gasteiger partial charge in [-0.25, -0.2) is 4.98 Å². The van der Waals surface area contributed by atoms with Gasteiger partial charge in [-0.2, -0.15) is 0 Å². The maximum Gasteiger partial charge on any atom is 0.192 e. The van der Waals surface area contributed by atoms with E-state index in [0.29, 0.717) is 11.5 Å². The lowest BCUT2D eigenvalue weighted by atomic mass is 9.89. The summed E-state index contributed by atoms with van der Waals surface area (Å²) in [6, 6.07) is 10.2. The third-order valence-electron chi connectivity index (χ3n) is 4.79. The molecule has 1 N–H and O–H groups in total. The van der Waals surface area contributed by atoms with E-state index < -0.39 is 0 Å². The number of nitrogens with zero attached hydrogens (tertiary/aromatic N) is 1. The molecule has 7 heteroatoms. The van der Waals surface area contributed by atoms with Crippen molar-refractivity contribution < 1.29 is 14.2 Å². The summed E-state index contributed by atoms with van der Waals surface area (Å²) in [5.41, 5.74) is 5.51. The molecule has 0 radical (unpaired) electrons. The first kappa shape index (κ1) is 18.4. The maximum atomic E-state index is 5.86. The molecule has 3 aromatic rings. The van der Waals surface area contributed by atoms with Gasteiger partial charge in [0.1, 0.15) is 5.75 Å². The maximum absolute atomic E-state index is 5.86. The number of hydrogen-bond acceptors (Lipinski definition) is 6. The van der Waals surface area contributed by atoms with E-state index in [1.807, 2.05) is 18.2 Å². The molecule has 140 valence electrons. The van der Waals surface area contributed by atoms with Gasteiger partial charge < -0.3 is 17.7 Å². The highest BCUT2D eigenvalue weighted by atomic mass is 127. The Morgan fingerprint density at radius 3 is 2.44 bits per heavy atom. The molecule has 1 heterocycles. The van der Waals surface area contributed by atoms with Gasteiger partial charge in [-0.1, -0.05) is 12.1 Å². The highest BCUT2D eigenvalue weighted by Crippen LogP contribution is 2.46. The van der Waals surface area contributed by atoms with E-state index in [0.717, 1.165) is 46.1 Å². The van der Waals surface area contributed by atoms with Crippen LogP contribution in [0.1, 0.15) is 10.4 Å². The van der Waals surface area contributed by atoms with Crippen LogP contribution in [0.3, 0.4) is 0 Å². The minimum Gasteiger partial charge on any atom is -0.496 e. The molecule has 5 nitrogen and oxygen atoms in total. The molecule has 1 aliphatic carbocycles. The summed E-state index contributed by atoms with van der Waals surface area (Å²) >= 11 is 3.85. The van der Waals surface area contributed by atoms with Crippen molar-refractivity contribution in [1.82, 2.24) is 4.98 Å². The fourth-order valence-corrected chi connectivity index (χ4v) is 4.89. The lowest BCUT2D eigenvalue weighted by molar-refractivity contribution is 0.355. The number of aryl methyl sites for hydroxylation is 1. The second kappa shape index (κ2) is 7.55. The first-order valence-corrected chi connectivity index (χ1v) is 10.4. The monoisotopic (exact) mass is 494 g/mol. The molecule has 0 fully saturated rings. The lowest BCUT2D eigenvalue weighted by Crippen LogP contribution is -2.05. The third kappa shape index (κ3) is 3.12. The number of benzene rings is 2. The standard InChI is InChI=1S/C20H19IN2O3S/c1-24-15-8-4-11(10-16(15)25-2)12-5-6-13-14(19(12)26-3)7-9-17-18(13)22-20(23-21)27-17/h4-6,8,10H,7,9H2,1-3H3,(H,22,23). The van der Waals surface area contributed by atoms with Gasteiger partial charge in [0, 0.05) is 21.6 Å². The zero-order chi connectivity index (χ0) is 19.0. The van der Waals surface area contributed by atoms with Crippen LogP contribution in [0.25, 0.3) is 22.4 Å². The van der Waals surface area contributed by atoms with Crippen LogP contribution in [0.15, 0.2) is 30.3 Å². The number of aromatic nitrogens is 1. The Morgan fingerprint density at radius 2 is 1.74 bits per heavy atom. The first-order chi connectivity index (χ1) is 13.2. The lowest BCUT2D eigenvalue weighted by Gasteiger charge is -2.21. The second-order valence-electron chi connectivity index (χ2n) is 6.13. The fraction of sp³-hybridized carbons (Fsp3) is 0.250. The molecule has 0 amide bonds. The highest BCUT2D eigenvalue weighted by Gasteiger charge is 2.25. The minimum absolute atomic E-state index is 0.703. The van der Waals surface area contributed by atoms with Crippen molar-refractivity contribution in [1.29, 1.82) is 0 Å².